The first kappa shape index (κ1) is 15.6. The highest BCUT2D eigenvalue weighted by molar-refractivity contribution is 7.96. The van der Waals surface area contributed by atoms with Crippen LogP contribution in [-0.2, 0) is 12.3 Å². The fourth-order valence-electron chi connectivity index (χ4n) is 2.21. The molecule has 0 fully saturated rings. The second-order valence-electron chi connectivity index (χ2n) is 4.79. The summed E-state index contributed by atoms with van der Waals surface area (Å²) in [5, 5.41) is 1.04. The lowest BCUT2D eigenvalue weighted by molar-refractivity contribution is 0.0958. The number of halogens is 1. The summed E-state index contributed by atoms with van der Waals surface area (Å²) in [7, 11) is 1.59. The van der Waals surface area contributed by atoms with Crippen LogP contribution in [0.15, 0.2) is 18.2 Å². The highest BCUT2D eigenvalue weighted by atomic mass is 35.5. The maximum atomic E-state index is 12.1. The normalized spacial score (nSPS) is 14.9. The first-order valence-electron chi connectivity index (χ1n) is 6.55. The molecule has 5 nitrogen and oxygen atoms in total. The van der Waals surface area contributed by atoms with Gasteiger partial charge in [-0.15, -0.1) is 0 Å². The molecule has 8 heteroatoms. The van der Waals surface area contributed by atoms with E-state index >= 15 is 0 Å². The van der Waals surface area contributed by atoms with Crippen molar-refractivity contribution in [3.63, 3.8) is 0 Å². The molecule has 0 unspecified atom stereocenters. The number of hydrogen-bond acceptors (Lipinski definition) is 7. The summed E-state index contributed by atoms with van der Waals surface area (Å²) in [6.45, 7) is 1.01. The number of methoxy groups -OCH3 is 1. The van der Waals surface area contributed by atoms with Gasteiger partial charge in [0, 0.05) is 5.75 Å². The third kappa shape index (κ3) is 3.22. The summed E-state index contributed by atoms with van der Waals surface area (Å²) < 4.78 is 7.14. The highest BCUT2D eigenvalue weighted by Crippen LogP contribution is 2.32. The molecule has 22 heavy (non-hydrogen) atoms. The second kappa shape index (κ2) is 6.45. The Morgan fingerprint density at radius 3 is 3.05 bits per heavy atom. The van der Waals surface area contributed by atoms with Crippen molar-refractivity contribution in [2.45, 2.75) is 12.3 Å². The van der Waals surface area contributed by atoms with Crippen LogP contribution < -0.4 is 10.5 Å². The number of ketones is 1. The molecule has 1 aromatic heterocycles. The van der Waals surface area contributed by atoms with E-state index in [0.717, 1.165) is 17.0 Å². The van der Waals surface area contributed by atoms with Gasteiger partial charge in [0.05, 0.1) is 35.8 Å². The van der Waals surface area contributed by atoms with Crippen LogP contribution in [0, 0.1) is 0 Å². The number of anilines is 1. The van der Waals surface area contributed by atoms with Gasteiger partial charge in [-0.05, 0) is 17.7 Å². The van der Waals surface area contributed by atoms with Gasteiger partial charge in [-0.1, -0.05) is 41.0 Å². The van der Waals surface area contributed by atoms with Crippen LogP contribution in [0.3, 0.4) is 0 Å². The van der Waals surface area contributed by atoms with E-state index in [2.05, 4.69) is 4.98 Å². The molecule has 0 aliphatic carbocycles. The minimum Gasteiger partial charge on any atom is -0.495 e. The van der Waals surface area contributed by atoms with E-state index in [1.165, 1.54) is 11.3 Å². The molecular weight excluding hydrogens is 342 g/mol. The number of carbonyl (C=O) groups excluding carboxylic acids is 1. The molecule has 1 aromatic carbocycles. The van der Waals surface area contributed by atoms with E-state index in [1.54, 1.807) is 19.1 Å². The maximum Gasteiger partial charge on any atom is 0.189 e. The van der Waals surface area contributed by atoms with Gasteiger partial charge in [0.1, 0.15) is 5.75 Å². The van der Waals surface area contributed by atoms with Crippen molar-refractivity contribution in [2.75, 3.05) is 19.4 Å². The molecule has 3 rings (SSSR count). The molecule has 1 aliphatic heterocycles. The summed E-state index contributed by atoms with van der Waals surface area (Å²) in [5.41, 5.74) is 7.53. The average Bonchev–Trinajstić information content (AvgIpc) is 2.86. The number of Topliss-reactive ketones (excluding diaryl/α,β-unsaturated/α-hetero) is 1. The molecule has 0 atom stereocenters. The average molecular weight is 356 g/mol. The molecule has 0 bridgehead atoms. The van der Waals surface area contributed by atoms with Gasteiger partial charge in [-0.3, -0.25) is 4.79 Å². The largest absolute Gasteiger partial charge is 0.495 e. The molecule has 0 saturated heterocycles. The van der Waals surface area contributed by atoms with Crippen molar-refractivity contribution in [3.05, 3.63) is 39.4 Å². The Balaban J connectivity index is 1.65. The molecule has 2 heterocycles. The number of aromatic nitrogens is 1. The van der Waals surface area contributed by atoms with Gasteiger partial charge in [-0.25, -0.2) is 9.29 Å². The monoisotopic (exact) mass is 355 g/mol. The van der Waals surface area contributed by atoms with Crippen molar-refractivity contribution in [2.24, 2.45) is 0 Å². The van der Waals surface area contributed by atoms with Crippen LogP contribution in [0.1, 0.15) is 20.9 Å². The number of nitrogens with zero attached hydrogens (tertiary/aromatic N) is 2. The topological polar surface area (TPSA) is 68.5 Å². The molecule has 2 N–H and O–H groups in total. The van der Waals surface area contributed by atoms with E-state index in [1.807, 2.05) is 22.5 Å². The Labute approximate surface area is 141 Å². The van der Waals surface area contributed by atoms with E-state index < -0.39 is 0 Å². The second-order valence-corrected chi connectivity index (χ2v) is 7.29. The summed E-state index contributed by atoms with van der Waals surface area (Å²) >= 11 is 8.98. The fraction of sp³-hybridized carbons (Fsp3) is 0.286. The number of carbonyl (C=O) groups is 1. The lowest BCUT2D eigenvalue weighted by Gasteiger charge is -2.23. The summed E-state index contributed by atoms with van der Waals surface area (Å²) in [4.78, 5) is 17.0. The highest BCUT2D eigenvalue weighted by Gasteiger charge is 2.27. The van der Waals surface area contributed by atoms with Crippen LogP contribution in [0.4, 0.5) is 5.13 Å². The lowest BCUT2D eigenvalue weighted by Crippen LogP contribution is -2.29. The first-order valence-corrected chi connectivity index (χ1v) is 8.69. The van der Waals surface area contributed by atoms with Crippen molar-refractivity contribution in [1.82, 2.24) is 9.29 Å². The van der Waals surface area contributed by atoms with Crippen molar-refractivity contribution in [1.29, 1.82) is 0 Å². The summed E-state index contributed by atoms with van der Waals surface area (Å²) in [6, 6.07) is 5.69. The zero-order chi connectivity index (χ0) is 15.7. The fourth-order valence-corrected chi connectivity index (χ4v) is 4.19. The lowest BCUT2D eigenvalue weighted by atomic mass is 10.2. The van der Waals surface area contributed by atoms with Crippen LogP contribution in [-0.4, -0.2) is 28.7 Å². The number of benzene rings is 1. The predicted molar refractivity (Wildman–Crippen MR) is 90.6 cm³/mol. The van der Waals surface area contributed by atoms with Gasteiger partial charge in [0.15, 0.2) is 10.9 Å². The minimum atomic E-state index is 0.0794. The van der Waals surface area contributed by atoms with Gasteiger partial charge >= 0.3 is 0 Å². The third-order valence-corrected chi connectivity index (χ3v) is 5.59. The number of nitrogens with two attached hydrogens (primary N) is 1. The Bertz CT molecular complexity index is 720. The van der Waals surface area contributed by atoms with E-state index in [9.17, 15) is 4.79 Å². The molecule has 0 amide bonds. The van der Waals surface area contributed by atoms with Crippen LogP contribution in [0.5, 0.6) is 5.75 Å². The van der Waals surface area contributed by atoms with Gasteiger partial charge in [0.2, 0.25) is 0 Å². The number of thiazole rings is 1. The SMILES string of the molecule is COc1ccc(CSN2CC(=O)c3sc(N)nc3C2)cc1Cl. The van der Waals surface area contributed by atoms with Gasteiger partial charge < -0.3 is 10.5 Å². The molecule has 0 saturated carbocycles. The smallest absolute Gasteiger partial charge is 0.189 e. The Morgan fingerprint density at radius 1 is 1.50 bits per heavy atom. The van der Waals surface area contributed by atoms with E-state index in [4.69, 9.17) is 22.1 Å². The number of ether oxygens (including phenoxy) is 1. The van der Waals surface area contributed by atoms with Crippen LogP contribution in [0.2, 0.25) is 5.02 Å². The first-order chi connectivity index (χ1) is 10.6. The quantitative estimate of drug-likeness (QED) is 0.849. The predicted octanol–water partition coefficient (Wildman–Crippen LogP) is 3.23. The maximum absolute atomic E-state index is 12.1. The van der Waals surface area contributed by atoms with Gasteiger partial charge in [-0.2, -0.15) is 0 Å². The molecular formula is C14H14ClN3O2S2. The number of fused-ring (bicyclic) bond motifs is 1. The number of rotatable bonds is 4. The Morgan fingerprint density at radius 2 is 2.32 bits per heavy atom. The Hall–Kier alpha value is -1.28. The number of nitrogen functional groups attached to an aromatic ring is 1. The number of hydrogen-bond donors (Lipinski definition) is 1. The van der Waals surface area contributed by atoms with Gasteiger partial charge in [0.25, 0.3) is 0 Å². The molecule has 116 valence electrons. The van der Waals surface area contributed by atoms with Crippen molar-refractivity contribution in [3.8, 4) is 5.75 Å². The molecule has 0 spiro atoms. The summed E-state index contributed by atoms with van der Waals surface area (Å²) in [5.74, 6) is 1.47. The van der Waals surface area contributed by atoms with Crippen molar-refractivity contribution >= 4 is 45.8 Å². The Kier molecular flexibility index (Phi) is 4.58. The minimum absolute atomic E-state index is 0.0794. The zero-order valence-electron chi connectivity index (χ0n) is 11.8. The summed E-state index contributed by atoms with van der Waals surface area (Å²) in [6.07, 6.45) is 0. The zero-order valence-corrected chi connectivity index (χ0v) is 14.2. The molecule has 1 aliphatic rings. The van der Waals surface area contributed by atoms with Crippen LogP contribution in [0.25, 0.3) is 0 Å². The molecule has 0 radical (unpaired) electrons. The van der Waals surface area contributed by atoms with E-state index in [-0.39, 0.29) is 5.78 Å². The van der Waals surface area contributed by atoms with Crippen LogP contribution >= 0.6 is 34.9 Å². The standard InChI is InChI=1S/C14H14ClN3O2S2/c1-20-12-3-2-8(4-9(12)15)7-21-18-5-10-13(11(19)6-18)22-14(16)17-10/h2-4H,5-7H2,1H3,(H2,16,17). The molecule has 2 aromatic rings. The van der Waals surface area contributed by atoms with Crippen molar-refractivity contribution < 1.29 is 9.53 Å². The third-order valence-electron chi connectivity index (χ3n) is 3.24. The van der Waals surface area contributed by atoms with E-state index in [0.29, 0.717) is 33.9 Å².